The molecule has 3 nitrogen and oxygen atoms in total. The van der Waals surface area contributed by atoms with Crippen LogP contribution in [0.4, 0.5) is 0 Å². The summed E-state index contributed by atoms with van der Waals surface area (Å²) >= 11 is 1.74. The highest BCUT2D eigenvalue weighted by Gasteiger charge is 2.38. The molecular formula is C37H25N3S. The Kier molecular flexibility index (Phi) is 4.55. The molecule has 0 bridgehead atoms. The van der Waals surface area contributed by atoms with E-state index in [1.807, 2.05) is 0 Å². The first-order chi connectivity index (χ1) is 20.1. The number of hydrogen-bond donors (Lipinski definition) is 0. The number of nitrogens with zero attached hydrogens (tertiary/aromatic N) is 3. The van der Waals surface area contributed by atoms with Gasteiger partial charge in [-0.2, -0.15) is 0 Å². The lowest BCUT2D eigenvalue weighted by Crippen LogP contribution is -2.15. The van der Waals surface area contributed by atoms with Gasteiger partial charge in [-0.1, -0.05) is 111 Å². The summed E-state index contributed by atoms with van der Waals surface area (Å²) in [5.41, 5.74) is 9.66. The SMILES string of the molecule is CC1(C)c2ccccc2-c2ccc3c(c21)c1ccccc1n3-c1nc(-c2ccccc2)c2c(n1)sc1ccccc12. The lowest BCUT2D eigenvalue weighted by molar-refractivity contribution is 0.666. The van der Waals surface area contributed by atoms with Crippen molar-refractivity contribution in [2.24, 2.45) is 0 Å². The summed E-state index contributed by atoms with van der Waals surface area (Å²) in [6.07, 6.45) is 0. The predicted octanol–water partition coefficient (Wildman–Crippen LogP) is 9.91. The number of hydrogen-bond acceptors (Lipinski definition) is 3. The van der Waals surface area contributed by atoms with Gasteiger partial charge >= 0.3 is 0 Å². The van der Waals surface area contributed by atoms with Crippen LogP contribution < -0.4 is 0 Å². The van der Waals surface area contributed by atoms with Crippen LogP contribution >= 0.6 is 11.3 Å². The van der Waals surface area contributed by atoms with Crippen LogP contribution in [0.3, 0.4) is 0 Å². The zero-order chi connectivity index (χ0) is 27.3. The van der Waals surface area contributed by atoms with Crippen molar-refractivity contribution in [1.82, 2.24) is 14.5 Å². The number of para-hydroxylation sites is 1. The normalized spacial score (nSPS) is 13.8. The van der Waals surface area contributed by atoms with Crippen molar-refractivity contribution in [1.29, 1.82) is 0 Å². The van der Waals surface area contributed by atoms with E-state index >= 15 is 0 Å². The van der Waals surface area contributed by atoms with Gasteiger partial charge in [-0.25, -0.2) is 9.97 Å². The maximum atomic E-state index is 5.36. The minimum Gasteiger partial charge on any atom is -0.278 e. The van der Waals surface area contributed by atoms with Gasteiger partial charge in [0.05, 0.1) is 16.7 Å². The molecule has 9 rings (SSSR count). The Labute approximate surface area is 241 Å². The lowest BCUT2D eigenvalue weighted by atomic mass is 9.80. The summed E-state index contributed by atoms with van der Waals surface area (Å²) in [6, 6.07) is 41.2. The van der Waals surface area contributed by atoms with E-state index in [4.69, 9.17) is 9.97 Å². The van der Waals surface area contributed by atoms with Gasteiger partial charge in [-0.3, -0.25) is 4.57 Å². The van der Waals surface area contributed by atoms with E-state index in [9.17, 15) is 0 Å². The molecule has 0 unspecified atom stereocenters. The second-order valence-corrected chi connectivity index (χ2v) is 12.5. The number of benzene rings is 5. The molecule has 0 saturated heterocycles. The van der Waals surface area contributed by atoms with E-state index in [0.717, 1.165) is 32.5 Å². The van der Waals surface area contributed by atoms with Gasteiger partial charge < -0.3 is 0 Å². The fraction of sp³-hybridized carbons (Fsp3) is 0.0811. The maximum absolute atomic E-state index is 5.36. The van der Waals surface area contributed by atoms with Gasteiger partial charge in [-0.05, 0) is 40.5 Å². The molecule has 4 heteroatoms. The molecule has 0 N–H and O–H groups in total. The van der Waals surface area contributed by atoms with Gasteiger partial charge in [0, 0.05) is 37.2 Å². The molecule has 0 atom stereocenters. The second kappa shape index (κ2) is 8.12. The monoisotopic (exact) mass is 543 g/mol. The summed E-state index contributed by atoms with van der Waals surface area (Å²) in [5.74, 6) is 0.711. The van der Waals surface area contributed by atoms with Crippen molar-refractivity contribution in [3.8, 4) is 28.3 Å². The van der Waals surface area contributed by atoms with E-state index in [-0.39, 0.29) is 5.41 Å². The molecule has 0 spiro atoms. The summed E-state index contributed by atoms with van der Waals surface area (Å²) in [6.45, 7) is 4.72. The number of rotatable bonds is 2. The van der Waals surface area contributed by atoms with Crippen LogP contribution in [0.2, 0.25) is 0 Å². The van der Waals surface area contributed by atoms with Crippen LogP contribution in [-0.4, -0.2) is 14.5 Å². The molecule has 3 heterocycles. The molecule has 1 aliphatic carbocycles. The van der Waals surface area contributed by atoms with Crippen molar-refractivity contribution in [2.45, 2.75) is 19.3 Å². The van der Waals surface area contributed by atoms with Gasteiger partial charge in [0.2, 0.25) is 5.95 Å². The Bertz CT molecular complexity index is 2340. The van der Waals surface area contributed by atoms with E-state index in [0.29, 0.717) is 5.95 Å². The van der Waals surface area contributed by atoms with E-state index < -0.39 is 0 Å². The third-order valence-corrected chi connectivity index (χ3v) is 9.89. The molecule has 1 aliphatic rings. The molecule has 0 aliphatic heterocycles. The smallest absolute Gasteiger partial charge is 0.236 e. The third-order valence-electron chi connectivity index (χ3n) is 8.83. The highest BCUT2D eigenvalue weighted by atomic mass is 32.1. The van der Waals surface area contributed by atoms with Crippen LogP contribution in [0, 0.1) is 0 Å². The highest BCUT2D eigenvalue weighted by Crippen LogP contribution is 2.53. The Morgan fingerprint density at radius 2 is 1.34 bits per heavy atom. The van der Waals surface area contributed by atoms with Crippen LogP contribution in [0.1, 0.15) is 25.0 Å². The first-order valence-electron chi connectivity index (χ1n) is 14.0. The Morgan fingerprint density at radius 1 is 0.610 bits per heavy atom. The predicted molar refractivity (Wildman–Crippen MR) is 172 cm³/mol. The van der Waals surface area contributed by atoms with Crippen molar-refractivity contribution in [3.63, 3.8) is 0 Å². The molecule has 3 aromatic heterocycles. The zero-order valence-corrected chi connectivity index (χ0v) is 23.5. The van der Waals surface area contributed by atoms with E-state index in [1.165, 1.54) is 43.1 Å². The van der Waals surface area contributed by atoms with Gasteiger partial charge in [0.1, 0.15) is 4.83 Å². The number of thiophene rings is 1. The molecular weight excluding hydrogens is 518 g/mol. The van der Waals surface area contributed by atoms with Gasteiger partial charge in [-0.15, -0.1) is 11.3 Å². The number of aromatic nitrogens is 3. The summed E-state index contributed by atoms with van der Waals surface area (Å²) in [5, 5.41) is 4.86. The minimum absolute atomic E-state index is 0.119. The molecule has 0 fully saturated rings. The summed E-state index contributed by atoms with van der Waals surface area (Å²) in [4.78, 5) is 11.7. The van der Waals surface area contributed by atoms with Gasteiger partial charge in [0.25, 0.3) is 0 Å². The minimum atomic E-state index is -0.119. The van der Waals surface area contributed by atoms with Crippen molar-refractivity contribution in [3.05, 3.63) is 126 Å². The van der Waals surface area contributed by atoms with Crippen molar-refractivity contribution in [2.75, 3.05) is 0 Å². The topological polar surface area (TPSA) is 30.7 Å². The maximum Gasteiger partial charge on any atom is 0.236 e. The standard InChI is InChI=1S/C37H25N3S/c1-37(2)27-17-9-6-14-23(27)24-20-21-29-31(33(24)37)25-15-7-10-18-28(25)40(29)36-38-34(22-12-4-3-5-13-22)32-26-16-8-11-19-30(26)41-35(32)39-36/h3-21H,1-2H3. The molecule has 41 heavy (non-hydrogen) atoms. The molecule has 0 amide bonds. The van der Waals surface area contributed by atoms with Crippen molar-refractivity contribution < 1.29 is 0 Å². The Hall–Kier alpha value is -4.80. The average molecular weight is 544 g/mol. The Morgan fingerprint density at radius 3 is 2.22 bits per heavy atom. The Balaban J connectivity index is 1.42. The van der Waals surface area contributed by atoms with E-state index in [2.05, 4.69) is 134 Å². The fourth-order valence-corrected chi connectivity index (χ4v) is 8.13. The van der Waals surface area contributed by atoms with Crippen LogP contribution in [0.25, 0.3) is 70.4 Å². The number of fused-ring (bicyclic) bond motifs is 10. The van der Waals surface area contributed by atoms with Gasteiger partial charge in [0.15, 0.2) is 0 Å². The first-order valence-corrected chi connectivity index (χ1v) is 14.8. The quantitative estimate of drug-likeness (QED) is 0.217. The third kappa shape index (κ3) is 3.03. The lowest BCUT2D eigenvalue weighted by Gasteiger charge is -2.22. The van der Waals surface area contributed by atoms with Crippen molar-refractivity contribution >= 4 is 53.4 Å². The van der Waals surface area contributed by atoms with Crippen LogP contribution in [-0.2, 0) is 5.41 Å². The molecule has 0 radical (unpaired) electrons. The van der Waals surface area contributed by atoms with Crippen LogP contribution in [0.15, 0.2) is 115 Å². The largest absolute Gasteiger partial charge is 0.278 e. The molecule has 8 aromatic rings. The highest BCUT2D eigenvalue weighted by molar-refractivity contribution is 7.25. The summed E-state index contributed by atoms with van der Waals surface area (Å²) in [7, 11) is 0. The fourth-order valence-electron chi connectivity index (χ4n) is 7.06. The molecule has 5 aromatic carbocycles. The van der Waals surface area contributed by atoms with Crippen LogP contribution in [0.5, 0.6) is 0 Å². The summed E-state index contributed by atoms with van der Waals surface area (Å²) < 4.78 is 3.51. The molecule has 194 valence electrons. The molecule has 0 saturated carbocycles. The van der Waals surface area contributed by atoms with E-state index in [1.54, 1.807) is 11.3 Å². The second-order valence-electron chi connectivity index (χ2n) is 11.4. The average Bonchev–Trinajstić information content (AvgIpc) is 3.63. The first kappa shape index (κ1) is 23.0. The zero-order valence-electron chi connectivity index (χ0n) is 22.7.